The van der Waals surface area contributed by atoms with Crippen molar-refractivity contribution in [3.63, 3.8) is 0 Å². The summed E-state index contributed by atoms with van der Waals surface area (Å²) < 4.78 is 5.30. The van der Waals surface area contributed by atoms with Gasteiger partial charge in [0.1, 0.15) is 6.04 Å². The maximum atomic E-state index is 11.7. The monoisotopic (exact) mass is 211 g/mol. The van der Waals surface area contributed by atoms with Crippen LogP contribution < -0.4 is 5.32 Å². The number of carbonyl (C=O) groups is 1. The molecular formula is C12H21NO2. The summed E-state index contributed by atoms with van der Waals surface area (Å²) in [6, 6.07) is -0.0496. The highest BCUT2D eigenvalue weighted by Crippen LogP contribution is 2.29. The lowest BCUT2D eigenvalue weighted by Crippen LogP contribution is -2.36. The smallest absolute Gasteiger partial charge is 0.323 e. The van der Waals surface area contributed by atoms with Crippen molar-refractivity contribution in [2.24, 2.45) is 11.8 Å². The van der Waals surface area contributed by atoms with Gasteiger partial charge in [0.15, 0.2) is 0 Å². The lowest BCUT2D eigenvalue weighted by Gasteiger charge is -2.25. The number of ether oxygens (including phenoxy) is 1. The Morgan fingerprint density at radius 2 is 2.20 bits per heavy atom. The zero-order valence-electron chi connectivity index (χ0n) is 9.50. The Morgan fingerprint density at radius 1 is 1.40 bits per heavy atom. The maximum absolute atomic E-state index is 11.7. The molecule has 3 heteroatoms. The Balaban J connectivity index is 1.63. The Labute approximate surface area is 91.6 Å². The van der Waals surface area contributed by atoms with Crippen molar-refractivity contribution in [3.05, 3.63) is 0 Å². The van der Waals surface area contributed by atoms with E-state index in [2.05, 4.69) is 12.2 Å². The third-order valence-corrected chi connectivity index (χ3v) is 3.78. The molecule has 0 radical (unpaired) electrons. The van der Waals surface area contributed by atoms with Gasteiger partial charge in [0.25, 0.3) is 0 Å². The van der Waals surface area contributed by atoms with Gasteiger partial charge < -0.3 is 10.1 Å². The van der Waals surface area contributed by atoms with Gasteiger partial charge >= 0.3 is 5.97 Å². The highest BCUT2D eigenvalue weighted by atomic mass is 16.5. The molecule has 0 aromatic heterocycles. The molecule has 0 amide bonds. The normalized spacial score (nSPS) is 31.3. The molecule has 15 heavy (non-hydrogen) atoms. The maximum Gasteiger partial charge on any atom is 0.323 e. The molecule has 0 aromatic rings. The minimum atomic E-state index is -0.0496. The van der Waals surface area contributed by atoms with Gasteiger partial charge in [0, 0.05) is 0 Å². The number of nitrogens with one attached hydrogen (secondary N) is 1. The first-order chi connectivity index (χ1) is 7.27. The number of hydrogen-bond donors (Lipinski definition) is 1. The molecule has 2 unspecified atom stereocenters. The SMILES string of the molecule is CC1CCNC1C(=O)OCCC1CCC1. The average Bonchev–Trinajstić information content (AvgIpc) is 2.55. The van der Waals surface area contributed by atoms with Gasteiger partial charge in [0.05, 0.1) is 6.61 Å². The first-order valence-electron chi connectivity index (χ1n) is 6.17. The van der Waals surface area contributed by atoms with Crippen LogP contribution in [0.5, 0.6) is 0 Å². The molecule has 1 heterocycles. The number of hydrogen-bond acceptors (Lipinski definition) is 3. The van der Waals surface area contributed by atoms with E-state index in [1.807, 2.05) is 0 Å². The van der Waals surface area contributed by atoms with E-state index in [1.165, 1.54) is 19.3 Å². The van der Waals surface area contributed by atoms with Gasteiger partial charge in [-0.15, -0.1) is 0 Å². The van der Waals surface area contributed by atoms with Gasteiger partial charge in [-0.1, -0.05) is 26.2 Å². The van der Waals surface area contributed by atoms with Crippen LogP contribution in [0.4, 0.5) is 0 Å². The molecule has 0 spiro atoms. The predicted octanol–water partition coefficient (Wildman–Crippen LogP) is 1.72. The molecule has 1 N–H and O–H groups in total. The zero-order valence-corrected chi connectivity index (χ0v) is 9.50. The number of rotatable bonds is 4. The van der Waals surface area contributed by atoms with Crippen LogP contribution >= 0.6 is 0 Å². The Morgan fingerprint density at radius 3 is 2.73 bits per heavy atom. The number of esters is 1. The summed E-state index contributed by atoms with van der Waals surface area (Å²) in [6.45, 7) is 3.68. The lowest BCUT2D eigenvalue weighted by atomic mass is 9.83. The Bertz CT molecular complexity index is 226. The molecule has 2 atom stereocenters. The first kappa shape index (κ1) is 10.9. The average molecular weight is 211 g/mol. The lowest BCUT2D eigenvalue weighted by molar-refractivity contribution is -0.147. The summed E-state index contributed by atoms with van der Waals surface area (Å²) in [6.07, 6.45) is 6.17. The second kappa shape index (κ2) is 4.97. The van der Waals surface area contributed by atoms with Crippen LogP contribution in [0.15, 0.2) is 0 Å². The molecule has 86 valence electrons. The molecular weight excluding hydrogens is 190 g/mol. The topological polar surface area (TPSA) is 38.3 Å². The second-order valence-electron chi connectivity index (χ2n) is 4.95. The molecule has 0 aromatic carbocycles. The second-order valence-corrected chi connectivity index (χ2v) is 4.95. The summed E-state index contributed by atoms with van der Waals surface area (Å²) >= 11 is 0. The summed E-state index contributed by atoms with van der Waals surface area (Å²) in [4.78, 5) is 11.7. The van der Waals surface area contributed by atoms with Crippen LogP contribution in [-0.4, -0.2) is 25.2 Å². The summed E-state index contributed by atoms with van der Waals surface area (Å²) in [5.74, 6) is 1.22. The Hall–Kier alpha value is -0.570. The van der Waals surface area contributed by atoms with Crippen molar-refractivity contribution < 1.29 is 9.53 Å². The quantitative estimate of drug-likeness (QED) is 0.720. The van der Waals surface area contributed by atoms with E-state index in [4.69, 9.17) is 4.74 Å². The fourth-order valence-corrected chi connectivity index (χ4v) is 2.35. The van der Waals surface area contributed by atoms with E-state index in [0.29, 0.717) is 12.5 Å². The van der Waals surface area contributed by atoms with Crippen molar-refractivity contribution in [2.75, 3.05) is 13.2 Å². The van der Waals surface area contributed by atoms with Gasteiger partial charge in [-0.3, -0.25) is 4.79 Å². The fraction of sp³-hybridized carbons (Fsp3) is 0.917. The third-order valence-electron chi connectivity index (χ3n) is 3.78. The van der Waals surface area contributed by atoms with Gasteiger partial charge in [-0.25, -0.2) is 0 Å². The highest BCUT2D eigenvalue weighted by molar-refractivity contribution is 5.76. The van der Waals surface area contributed by atoms with Crippen molar-refractivity contribution >= 4 is 5.97 Å². The van der Waals surface area contributed by atoms with Crippen LogP contribution in [0.25, 0.3) is 0 Å². The van der Waals surface area contributed by atoms with Crippen LogP contribution in [0.3, 0.4) is 0 Å². The molecule has 1 aliphatic heterocycles. The fourth-order valence-electron chi connectivity index (χ4n) is 2.35. The molecule has 0 bridgehead atoms. The minimum Gasteiger partial charge on any atom is -0.465 e. The van der Waals surface area contributed by atoms with E-state index in [9.17, 15) is 4.79 Å². The zero-order chi connectivity index (χ0) is 10.7. The molecule has 2 aliphatic rings. The summed E-state index contributed by atoms with van der Waals surface area (Å²) in [7, 11) is 0. The Kier molecular flexibility index (Phi) is 3.62. The minimum absolute atomic E-state index is 0.0423. The van der Waals surface area contributed by atoms with Crippen molar-refractivity contribution in [1.29, 1.82) is 0 Å². The molecule has 1 saturated heterocycles. The molecule has 2 rings (SSSR count). The molecule has 1 saturated carbocycles. The summed E-state index contributed by atoms with van der Waals surface area (Å²) in [5, 5.41) is 3.20. The van der Waals surface area contributed by atoms with E-state index < -0.39 is 0 Å². The molecule has 2 fully saturated rings. The van der Waals surface area contributed by atoms with Gasteiger partial charge in [0.2, 0.25) is 0 Å². The van der Waals surface area contributed by atoms with E-state index in [0.717, 1.165) is 25.3 Å². The van der Waals surface area contributed by atoms with Gasteiger partial charge in [-0.2, -0.15) is 0 Å². The van der Waals surface area contributed by atoms with Crippen molar-refractivity contribution in [1.82, 2.24) is 5.32 Å². The van der Waals surface area contributed by atoms with E-state index in [1.54, 1.807) is 0 Å². The molecule has 1 aliphatic carbocycles. The third kappa shape index (κ3) is 2.71. The van der Waals surface area contributed by atoms with E-state index >= 15 is 0 Å². The van der Waals surface area contributed by atoms with Crippen LogP contribution in [-0.2, 0) is 9.53 Å². The highest BCUT2D eigenvalue weighted by Gasteiger charge is 2.30. The predicted molar refractivity (Wildman–Crippen MR) is 58.5 cm³/mol. The summed E-state index contributed by atoms with van der Waals surface area (Å²) in [5.41, 5.74) is 0. The first-order valence-corrected chi connectivity index (χ1v) is 6.17. The van der Waals surface area contributed by atoms with Crippen molar-refractivity contribution in [2.45, 2.75) is 45.1 Å². The van der Waals surface area contributed by atoms with Crippen LogP contribution in [0.2, 0.25) is 0 Å². The van der Waals surface area contributed by atoms with Gasteiger partial charge in [-0.05, 0) is 31.2 Å². The van der Waals surface area contributed by atoms with Crippen LogP contribution in [0, 0.1) is 11.8 Å². The van der Waals surface area contributed by atoms with Crippen LogP contribution in [0.1, 0.15) is 39.0 Å². The molecule has 3 nitrogen and oxygen atoms in total. The largest absolute Gasteiger partial charge is 0.465 e. The van der Waals surface area contributed by atoms with E-state index in [-0.39, 0.29) is 12.0 Å². The number of carbonyl (C=O) groups excluding carboxylic acids is 1. The van der Waals surface area contributed by atoms with Crippen molar-refractivity contribution in [3.8, 4) is 0 Å². The standard InChI is InChI=1S/C12H21NO2/c1-9-5-7-13-11(9)12(14)15-8-6-10-3-2-4-10/h9-11,13H,2-8H2,1H3.